The zero-order valence-electron chi connectivity index (χ0n) is 13.4. The third kappa shape index (κ3) is 5.96. The fraction of sp³-hybridized carbons (Fsp3) is 0.857. The van der Waals surface area contributed by atoms with Crippen LogP contribution in [0.2, 0.25) is 0 Å². The van der Waals surface area contributed by atoms with E-state index in [-0.39, 0.29) is 12.8 Å². The van der Waals surface area contributed by atoms with Crippen LogP contribution in [0.3, 0.4) is 0 Å². The van der Waals surface area contributed by atoms with Crippen LogP contribution in [0.5, 0.6) is 0 Å². The van der Waals surface area contributed by atoms with Crippen LogP contribution >= 0.6 is 0 Å². The molecular weight excluding hydrogens is 328 g/mol. The highest BCUT2D eigenvalue weighted by Crippen LogP contribution is 2.23. The maximum absolute atomic E-state index is 11.7. The second-order valence-electron chi connectivity index (χ2n) is 5.75. The summed E-state index contributed by atoms with van der Waals surface area (Å²) >= 11 is 0. The molecule has 0 radical (unpaired) electrons. The van der Waals surface area contributed by atoms with E-state index in [4.69, 9.17) is 24.4 Å². The van der Waals surface area contributed by atoms with Crippen molar-refractivity contribution in [3.05, 3.63) is 0 Å². The molecule has 10 heteroatoms. The second kappa shape index (κ2) is 9.25. The molecule has 24 heavy (non-hydrogen) atoms. The normalized spacial score (nSPS) is 32.8. The lowest BCUT2D eigenvalue weighted by atomic mass is 9.99. The Morgan fingerprint density at radius 3 is 2.21 bits per heavy atom. The number of aliphatic carboxylic acids is 1. The van der Waals surface area contributed by atoms with Crippen molar-refractivity contribution in [2.24, 2.45) is 0 Å². The van der Waals surface area contributed by atoms with Gasteiger partial charge in [0, 0.05) is 0 Å². The van der Waals surface area contributed by atoms with Crippen LogP contribution in [0.1, 0.15) is 26.7 Å². The number of esters is 1. The average molecular weight is 352 g/mol. The smallest absolute Gasteiger partial charge is 0.308 e. The van der Waals surface area contributed by atoms with Crippen molar-refractivity contribution >= 4 is 11.9 Å². The van der Waals surface area contributed by atoms with Crippen molar-refractivity contribution in [2.75, 3.05) is 6.61 Å². The van der Waals surface area contributed by atoms with E-state index in [1.54, 1.807) is 0 Å². The zero-order valence-corrected chi connectivity index (χ0v) is 13.4. The first-order valence-electron chi connectivity index (χ1n) is 7.53. The highest BCUT2D eigenvalue weighted by atomic mass is 16.7. The van der Waals surface area contributed by atoms with Gasteiger partial charge in [-0.2, -0.15) is 0 Å². The van der Waals surface area contributed by atoms with Gasteiger partial charge in [0.15, 0.2) is 6.29 Å². The van der Waals surface area contributed by atoms with Crippen molar-refractivity contribution < 1.29 is 49.3 Å². The third-order valence-corrected chi connectivity index (χ3v) is 3.46. The Balaban J connectivity index is 2.49. The lowest BCUT2D eigenvalue weighted by molar-refractivity contribution is -0.310. The molecule has 0 saturated carbocycles. The summed E-state index contributed by atoms with van der Waals surface area (Å²) in [5, 5.41) is 46.8. The van der Waals surface area contributed by atoms with E-state index < -0.39 is 61.5 Å². The molecule has 0 bridgehead atoms. The van der Waals surface area contributed by atoms with E-state index >= 15 is 0 Å². The van der Waals surface area contributed by atoms with Gasteiger partial charge in [0.1, 0.15) is 30.5 Å². The van der Waals surface area contributed by atoms with Crippen LogP contribution in [-0.4, -0.2) is 87.0 Å². The van der Waals surface area contributed by atoms with Gasteiger partial charge in [-0.15, -0.1) is 0 Å². The van der Waals surface area contributed by atoms with E-state index in [0.717, 1.165) is 0 Å². The van der Waals surface area contributed by atoms with E-state index in [2.05, 4.69) is 0 Å². The Morgan fingerprint density at radius 2 is 1.67 bits per heavy atom. The van der Waals surface area contributed by atoms with Gasteiger partial charge in [-0.25, -0.2) is 0 Å². The predicted molar refractivity (Wildman–Crippen MR) is 76.7 cm³/mol. The van der Waals surface area contributed by atoms with Crippen molar-refractivity contribution in [3.63, 3.8) is 0 Å². The highest BCUT2D eigenvalue weighted by Gasteiger charge is 2.44. The number of aliphatic hydroxyl groups is 4. The number of carbonyl (C=O) groups is 2. The third-order valence-electron chi connectivity index (χ3n) is 3.46. The number of aliphatic hydroxyl groups excluding tert-OH is 4. The number of hydrogen-bond donors (Lipinski definition) is 5. The summed E-state index contributed by atoms with van der Waals surface area (Å²) in [6.45, 7) is 2.34. The highest BCUT2D eigenvalue weighted by molar-refractivity contribution is 5.71. The molecule has 5 N–H and O–H groups in total. The Bertz CT molecular complexity index is 426. The van der Waals surface area contributed by atoms with Gasteiger partial charge in [0.25, 0.3) is 0 Å². The molecule has 7 atom stereocenters. The maximum atomic E-state index is 11.7. The molecule has 140 valence electrons. The van der Waals surface area contributed by atoms with Crippen molar-refractivity contribution in [1.82, 2.24) is 0 Å². The molecule has 0 aliphatic carbocycles. The first-order chi connectivity index (χ1) is 11.1. The molecule has 1 heterocycles. The molecule has 0 aromatic rings. The molecule has 1 aliphatic heterocycles. The van der Waals surface area contributed by atoms with Gasteiger partial charge < -0.3 is 39.7 Å². The molecular formula is C14H24O10. The first-order valence-corrected chi connectivity index (χ1v) is 7.53. The van der Waals surface area contributed by atoms with Gasteiger partial charge in [0.05, 0.1) is 25.6 Å². The summed E-state index contributed by atoms with van der Waals surface area (Å²) in [7, 11) is 0. The second-order valence-corrected chi connectivity index (χ2v) is 5.75. The minimum atomic E-state index is -1.57. The molecule has 0 spiro atoms. The Kier molecular flexibility index (Phi) is 8.00. The molecule has 0 amide bonds. The van der Waals surface area contributed by atoms with E-state index in [1.807, 2.05) is 0 Å². The summed E-state index contributed by atoms with van der Waals surface area (Å²) < 4.78 is 15.4. The first kappa shape index (κ1) is 20.7. The minimum absolute atomic E-state index is 0.237. The van der Waals surface area contributed by atoms with Gasteiger partial charge in [-0.3, -0.25) is 9.59 Å². The standard InChI is InChI=1S/C14H24O10/c1-6(3-9(16)17)22-10(18)4-7(2)23-14-13(21)12(20)11(19)8(5-15)24-14/h6-8,11-15,19-21H,3-5H2,1-2H3,(H,16,17)/t6-,7-,8-,11-,12+,13-,14?/m1/s1. The summed E-state index contributed by atoms with van der Waals surface area (Å²) in [5.41, 5.74) is 0. The summed E-state index contributed by atoms with van der Waals surface area (Å²) in [6.07, 6.45) is -9.23. The minimum Gasteiger partial charge on any atom is -0.481 e. The van der Waals surface area contributed by atoms with Gasteiger partial charge >= 0.3 is 11.9 Å². The molecule has 10 nitrogen and oxygen atoms in total. The predicted octanol–water partition coefficient (Wildman–Crippen LogP) is -2.01. The van der Waals surface area contributed by atoms with Crippen LogP contribution in [0.25, 0.3) is 0 Å². The Labute approximate surface area is 138 Å². The fourth-order valence-electron chi connectivity index (χ4n) is 2.25. The molecule has 0 aromatic heterocycles. The Hall–Kier alpha value is -1.30. The number of carbonyl (C=O) groups excluding carboxylic acids is 1. The molecule has 1 aliphatic rings. The number of rotatable bonds is 8. The lowest BCUT2D eigenvalue weighted by Crippen LogP contribution is -2.59. The average Bonchev–Trinajstić information content (AvgIpc) is 2.46. The van der Waals surface area contributed by atoms with Crippen molar-refractivity contribution in [2.45, 2.75) is 69.6 Å². The van der Waals surface area contributed by atoms with E-state index in [9.17, 15) is 24.9 Å². The zero-order chi connectivity index (χ0) is 18.4. The largest absolute Gasteiger partial charge is 0.481 e. The monoisotopic (exact) mass is 352 g/mol. The molecule has 1 fully saturated rings. The van der Waals surface area contributed by atoms with Gasteiger partial charge in [-0.05, 0) is 13.8 Å². The van der Waals surface area contributed by atoms with Crippen molar-refractivity contribution in [3.8, 4) is 0 Å². The molecule has 1 saturated heterocycles. The Morgan fingerprint density at radius 1 is 1.04 bits per heavy atom. The summed E-state index contributed by atoms with van der Waals surface area (Å²) in [6, 6.07) is 0. The van der Waals surface area contributed by atoms with E-state index in [0.29, 0.717) is 0 Å². The number of carboxylic acid groups (broad SMARTS) is 1. The lowest BCUT2D eigenvalue weighted by Gasteiger charge is -2.40. The fourth-order valence-corrected chi connectivity index (χ4v) is 2.25. The number of carboxylic acids is 1. The van der Waals surface area contributed by atoms with Crippen molar-refractivity contribution in [1.29, 1.82) is 0 Å². The molecule has 1 unspecified atom stereocenters. The summed E-state index contributed by atoms with van der Waals surface area (Å²) in [4.78, 5) is 22.2. The maximum Gasteiger partial charge on any atom is 0.308 e. The number of hydrogen-bond acceptors (Lipinski definition) is 9. The number of ether oxygens (including phenoxy) is 3. The van der Waals surface area contributed by atoms with Gasteiger partial charge in [-0.1, -0.05) is 0 Å². The van der Waals surface area contributed by atoms with Crippen LogP contribution in [0.4, 0.5) is 0 Å². The van der Waals surface area contributed by atoms with E-state index in [1.165, 1.54) is 13.8 Å². The van der Waals surface area contributed by atoms with Gasteiger partial charge in [0.2, 0.25) is 0 Å². The van der Waals surface area contributed by atoms with Crippen LogP contribution in [0, 0.1) is 0 Å². The molecule has 0 aromatic carbocycles. The van der Waals surface area contributed by atoms with Crippen LogP contribution < -0.4 is 0 Å². The topological polar surface area (TPSA) is 163 Å². The SMILES string of the molecule is C[C@H](CC(=O)O)OC(=O)C[C@@H](C)OC1O[C@H](CO)[C@@H](O)[C@H](O)[C@H]1O. The summed E-state index contributed by atoms with van der Waals surface area (Å²) in [5.74, 6) is -1.79. The quantitative estimate of drug-likeness (QED) is 0.308. The van der Waals surface area contributed by atoms with Crippen LogP contribution in [-0.2, 0) is 23.8 Å². The van der Waals surface area contributed by atoms with Crippen LogP contribution in [0.15, 0.2) is 0 Å². The molecule has 1 rings (SSSR count).